The van der Waals surface area contributed by atoms with Crippen LogP contribution in [0, 0.1) is 0 Å². The molecule has 0 aliphatic rings. The van der Waals surface area contributed by atoms with Crippen LogP contribution in [0.1, 0.15) is 0 Å². The molecule has 82 valence electrons. The van der Waals surface area contributed by atoms with Gasteiger partial charge in [0.2, 0.25) is 0 Å². The van der Waals surface area contributed by atoms with Gasteiger partial charge >= 0.3 is 33.3 Å². The van der Waals surface area contributed by atoms with Crippen LogP contribution < -0.4 is 4.90 Å². The van der Waals surface area contributed by atoms with Crippen LogP contribution in [0.5, 0.6) is 0 Å². The van der Waals surface area contributed by atoms with Gasteiger partial charge in [0.15, 0.2) is 0 Å². The molecule has 0 spiro atoms. The normalized spacial score (nSPS) is 9.00. The third-order valence-electron chi connectivity index (χ3n) is 1.86. The van der Waals surface area contributed by atoms with Gasteiger partial charge in [0, 0.05) is 17.2 Å². The maximum atomic E-state index is 11.0. The molecule has 1 rings (SSSR count). The van der Waals surface area contributed by atoms with E-state index in [2.05, 4.69) is 20.7 Å². The summed E-state index contributed by atoms with van der Waals surface area (Å²) in [5, 5.41) is 0. The number of nitrogens with zero attached hydrogens (tertiary/aromatic N) is 1. The van der Waals surface area contributed by atoms with Crippen molar-refractivity contribution >= 4 is 54.9 Å². The standard InChI is InChI=1S/C10H12BrNO2.Pb.2H/c1-12(7-10(13)14-2)9-5-3-8(11)4-6-9;;;/h3-6H,7H2,1-2H3;;;. The van der Waals surface area contributed by atoms with Crippen LogP contribution in [0.25, 0.3) is 0 Å². The number of carbonyl (C=O) groups is 1. The number of esters is 1. The number of hydrogen-bond donors (Lipinski definition) is 0. The summed E-state index contributed by atoms with van der Waals surface area (Å²) in [7, 11) is 3.23. The molecule has 3 nitrogen and oxygen atoms in total. The molecule has 0 saturated heterocycles. The minimum atomic E-state index is -0.240. The molecule has 0 saturated carbocycles. The molecule has 0 bridgehead atoms. The van der Waals surface area contributed by atoms with E-state index in [0.717, 1.165) is 10.2 Å². The van der Waals surface area contributed by atoms with Crippen LogP contribution in [0.4, 0.5) is 5.69 Å². The molecular formula is C10H14BrNO2Pb. The van der Waals surface area contributed by atoms with Gasteiger partial charge in [-0.3, -0.25) is 4.79 Å². The summed E-state index contributed by atoms with van der Waals surface area (Å²) in [5.41, 5.74) is 0.985. The second-order valence-corrected chi connectivity index (χ2v) is 3.82. The number of ether oxygens (including phenoxy) is 1. The van der Waals surface area contributed by atoms with Crippen LogP contribution in [0.15, 0.2) is 28.7 Å². The quantitative estimate of drug-likeness (QED) is 0.494. The molecule has 2 radical (unpaired) electrons. The Bertz CT molecular complexity index is 316. The Kier molecular flexibility index (Phi) is 7.16. The second-order valence-electron chi connectivity index (χ2n) is 2.91. The predicted molar refractivity (Wildman–Crippen MR) is 68.0 cm³/mol. The summed E-state index contributed by atoms with van der Waals surface area (Å²) in [5.74, 6) is -0.240. The van der Waals surface area contributed by atoms with E-state index >= 15 is 0 Å². The van der Waals surface area contributed by atoms with Crippen LogP contribution in [-0.2, 0) is 9.53 Å². The Morgan fingerprint density at radius 3 is 2.40 bits per heavy atom. The van der Waals surface area contributed by atoms with E-state index < -0.39 is 0 Å². The van der Waals surface area contributed by atoms with Crippen molar-refractivity contribution in [3.8, 4) is 0 Å². The van der Waals surface area contributed by atoms with Gasteiger partial charge in [0.25, 0.3) is 0 Å². The van der Waals surface area contributed by atoms with Crippen molar-refractivity contribution in [2.75, 3.05) is 25.6 Å². The number of benzene rings is 1. The summed E-state index contributed by atoms with van der Waals surface area (Å²) in [6.45, 7) is 0.262. The van der Waals surface area contributed by atoms with Gasteiger partial charge in [-0.2, -0.15) is 0 Å². The van der Waals surface area contributed by atoms with Gasteiger partial charge in [-0.05, 0) is 24.3 Å². The van der Waals surface area contributed by atoms with E-state index in [1.54, 1.807) is 0 Å². The number of anilines is 1. The molecule has 0 heterocycles. The number of hydrogen-bond acceptors (Lipinski definition) is 3. The summed E-state index contributed by atoms with van der Waals surface area (Å²) < 4.78 is 5.60. The van der Waals surface area contributed by atoms with Gasteiger partial charge in [0.05, 0.1) is 7.11 Å². The van der Waals surface area contributed by atoms with E-state index in [4.69, 9.17) is 0 Å². The number of methoxy groups -OCH3 is 1. The monoisotopic (exact) mass is 467 g/mol. The Hall–Kier alpha value is -0.108. The van der Waals surface area contributed by atoms with Gasteiger partial charge in [-0.25, -0.2) is 0 Å². The van der Waals surface area contributed by atoms with Gasteiger partial charge < -0.3 is 9.64 Å². The fourth-order valence-electron chi connectivity index (χ4n) is 1.05. The first-order valence-corrected chi connectivity index (χ1v) is 4.96. The predicted octanol–water partition coefficient (Wildman–Crippen LogP) is 1.14. The molecule has 15 heavy (non-hydrogen) atoms. The zero-order chi connectivity index (χ0) is 10.6. The first-order valence-electron chi connectivity index (χ1n) is 4.17. The molecule has 0 aliphatic carbocycles. The first-order chi connectivity index (χ1) is 6.63. The average Bonchev–Trinajstić information content (AvgIpc) is 2.18. The van der Waals surface area contributed by atoms with E-state index in [9.17, 15) is 4.79 Å². The zero-order valence-corrected chi connectivity index (χ0v) is 15.9. The second kappa shape index (κ2) is 7.21. The Morgan fingerprint density at radius 1 is 1.40 bits per heavy atom. The van der Waals surface area contributed by atoms with Crippen molar-refractivity contribution < 1.29 is 9.53 Å². The molecule has 0 N–H and O–H groups in total. The number of rotatable bonds is 3. The van der Waals surface area contributed by atoms with E-state index in [0.29, 0.717) is 0 Å². The Labute approximate surface area is 118 Å². The molecule has 0 amide bonds. The number of carbonyl (C=O) groups excluding carboxylic acids is 1. The van der Waals surface area contributed by atoms with Crippen molar-refractivity contribution in [1.29, 1.82) is 0 Å². The summed E-state index contributed by atoms with van der Waals surface area (Å²) >= 11 is 3.35. The van der Waals surface area contributed by atoms with Crippen LogP contribution in [-0.4, -0.2) is 54.0 Å². The van der Waals surface area contributed by atoms with E-state index in [-0.39, 0.29) is 39.8 Å². The maximum absolute atomic E-state index is 11.0. The summed E-state index contributed by atoms with van der Waals surface area (Å²) in [6, 6.07) is 7.74. The van der Waals surface area contributed by atoms with Gasteiger partial charge in [0.1, 0.15) is 6.54 Å². The summed E-state index contributed by atoms with van der Waals surface area (Å²) in [6.07, 6.45) is 0. The Morgan fingerprint density at radius 2 is 1.93 bits per heavy atom. The van der Waals surface area contributed by atoms with Crippen LogP contribution >= 0.6 is 15.9 Å². The van der Waals surface area contributed by atoms with E-state index in [1.165, 1.54) is 7.11 Å². The zero-order valence-electron chi connectivity index (χ0n) is 8.87. The fraction of sp³-hybridized carbons (Fsp3) is 0.300. The third kappa shape index (κ3) is 4.97. The summed E-state index contributed by atoms with van der Waals surface area (Å²) in [4.78, 5) is 12.8. The molecule has 0 fully saturated rings. The fourth-order valence-corrected chi connectivity index (χ4v) is 1.31. The third-order valence-corrected chi connectivity index (χ3v) is 2.39. The number of likely N-dealkylation sites (N-methyl/N-ethyl adjacent to an activating group) is 1. The molecule has 0 atom stereocenters. The van der Waals surface area contributed by atoms with E-state index in [1.807, 2.05) is 36.2 Å². The topological polar surface area (TPSA) is 29.5 Å². The van der Waals surface area contributed by atoms with Crippen LogP contribution in [0.2, 0.25) is 0 Å². The Balaban J connectivity index is 0.00000196. The molecule has 0 unspecified atom stereocenters. The van der Waals surface area contributed by atoms with Crippen molar-refractivity contribution in [2.24, 2.45) is 0 Å². The molecule has 5 heteroatoms. The molecule has 1 aromatic rings. The molecule has 1 aromatic carbocycles. The van der Waals surface area contributed by atoms with Gasteiger partial charge in [-0.1, -0.05) is 15.9 Å². The number of halogens is 1. The average molecular weight is 467 g/mol. The van der Waals surface area contributed by atoms with Crippen molar-refractivity contribution in [2.45, 2.75) is 0 Å². The van der Waals surface area contributed by atoms with Crippen LogP contribution in [0.3, 0.4) is 0 Å². The SMILES string of the molecule is COC(=O)CN(C)c1ccc(Br)cc1.[PbH2]. The van der Waals surface area contributed by atoms with Crippen molar-refractivity contribution in [3.05, 3.63) is 28.7 Å². The van der Waals surface area contributed by atoms with Gasteiger partial charge in [-0.15, -0.1) is 0 Å². The van der Waals surface area contributed by atoms with Crippen molar-refractivity contribution in [3.63, 3.8) is 0 Å². The molecule has 0 aromatic heterocycles. The molecule has 0 aliphatic heterocycles. The van der Waals surface area contributed by atoms with Crippen molar-refractivity contribution in [1.82, 2.24) is 0 Å². The first kappa shape index (κ1) is 14.9. The minimum absolute atomic E-state index is 0. The molecular weight excluding hydrogens is 453 g/mol.